The number of anilines is 1. The van der Waals surface area contributed by atoms with Gasteiger partial charge in [0.2, 0.25) is 0 Å². The minimum Gasteiger partial charge on any atom is -0.384 e. The van der Waals surface area contributed by atoms with Crippen LogP contribution in [0.25, 0.3) is 10.8 Å². The van der Waals surface area contributed by atoms with Gasteiger partial charge in [-0.25, -0.2) is 0 Å². The Morgan fingerprint density at radius 3 is 2.50 bits per heavy atom. The minimum atomic E-state index is 0.810. The number of halogens is 1. The molecule has 0 radical (unpaired) electrons. The maximum atomic E-state index is 6.20. The van der Waals surface area contributed by atoms with Crippen molar-refractivity contribution in [1.82, 2.24) is 4.90 Å². The molecule has 2 aromatic carbocycles. The number of nitrogens with zero attached hydrogens (tertiary/aromatic N) is 1. The molecule has 0 spiro atoms. The van der Waals surface area contributed by atoms with Crippen molar-refractivity contribution in [3.05, 3.63) is 41.4 Å². The van der Waals surface area contributed by atoms with Crippen LogP contribution in [-0.2, 0) is 0 Å². The quantitative estimate of drug-likeness (QED) is 0.824. The van der Waals surface area contributed by atoms with Crippen molar-refractivity contribution in [2.45, 2.75) is 6.42 Å². The number of hydrogen-bond donors (Lipinski definition) is 1. The molecule has 0 aliphatic heterocycles. The highest BCUT2D eigenvalue weighted by Crippen LogP contribution is 2.29. The van der Waals surface area contributed by atoms with Gasteiger partial charge < -0.3 is 10.2 Å². The zero-order chi connectivity index (χ0) is 13.0. The molecule has 0 atom stereocenters. The summed E-state index contributed by atoms with van der Waals surface area (Å²) in [7, 11) is 4.19. The van der Waals surface area contributed by atoms with Crippen LogP contribution in [0.5, 0.6) is 0 Å². The molecule has 0 saturated carbocycles. The first-order valence-corrected chi connectivity index (χ1v) is 6.62. The normalized spacial score (nSPS) is 11.1. The van der Waals surface area contributed by atoms with E-state index in [4.69, 9.17) is 11.6 Å². The summed E-state index contributed by atoms with van der Waals surface area (Å²) in [6.07, 6.45) is 1.13. The van der Waals surface area contributed by atoms with Gasteiger partial charge in [-0.3, -0.25) is 0 Å². The summed E-state index contributed by atoms with van der Waals surface area (Å²) in [5, 5.41) is 6.59. The van der Waals surface area contributed by atoms with E-state index in [0.717, 1.165) is 35.6 Å². The summed E-state index contributed by atoms with van der Waals surface area (Å²) < 4.78 is 0. The van der Waals surface area contributed by atoms with Crippen LogP contribution in [0, 0.1) is 0 Å². The molecule has 18 heavy (non-hydrogen) atoms. The molecule has 0 bridgehead atoms. The summed E-state index contributed by atoms with van der Waals surface area (Å²) in [6.45, 7) is 2.07. The van der Waals surface area contributed by atoms with Gasteiger partial charge in [-0.1, -0.05) is 35.9 Å². The Balaban J connectivity index is 2.11. The van der Waals surface area contributed by atoms with Crippen molar-refractivity contribution in [2.24, 2.45) is 0 Å². The molecule has 2 aromatic rings. The van der Waals surface area contributed by atoms with Crippen molar-refractivity contribution in [1.29, 1.82) is 0 Å². The van der Waals surface area contributed by atoms with Gasteiger partial charge >= 0.3 is 0 Å². The summed E-state index contributed by atoms with van der Waals surface area (Å²) in [5.74, 6) is 0. The Bertz CT molecular complexity index is 523. The fraction of sp³-hybridized carbons (Fsp3) is 0.333. The van der Waals surface area contributed by atoms with Gasteiger partial charge in [0.25, 0.3) is 0 Å². The SMILES string of the molecule is CN(C)CCCNc1ccc(Cl)c2ccccc12. The first-order chi connectivity index (χ1) is 8.68. The first kappa shape index (κ1) is 13.2. The second-order valence-electron chi connectivity index (χ2n) is 4.72. The van der Waals surface area contributed by atoms with Gasteiger partial charge in [0.05, 0.1) is 0 Å². The predicted octanol–water partition coefficient (Wildman–Crippen LogP) is 3.86. The summed E-state index contributed by atoms with van der Waals surface area (Å²) in [4.78, 5) is 2.20. The second-order valence-corrected chi connectivity index (χ2v) is 5.13. The lowest BCUT2D eigenvalue weighted by molar-refractivity contribution is 0.405. The van der Waals surface area contributed by atoms with Crippen molar-refractivity contribution in [3.8, 4) is 0 Å². The van der Waals surface area contributed by atoms with E-state index >= 15 is 0 Å². The van der Waals surface area contributed by atoms with Crippen molar-refractivity contribution < 1.29 is 0 Å². The van der Waals surface area contributed by atoms with E-state index in [9.17, 15) is 0 Å². The number of rotatable bonds is 5. The predicted molar refractivity (Wildman–Crippen MR) is 80.6 cm³/mol. The van der Waals surface area contributed by atoms with Crippen molar-refractivity contribution in [3.63, 3.8) is 0 Å². The van der Waals surface area contributed by atoms with Crippen LogP contribution in [-0.4, -0.2) is 32.1 Å². The van der Waals surface area contributed by atoms with Gasteiger partial charge in [0.15, 0.2) is 0 Å². The number of nitrogens with one attached hydrogen (secondary N) is 1. The third-order valence-corrected chi connectivity index (χ3v) is 3.30. The Labute approximate surface area is 114 Å². The average Bonchev–Trinajstić information content (AvgIpc) is 2.37. The molecular formula is C15H19ClN2. The molecule has 0 aliphatic rings. The third-order valence-electron chi connectivity index (χ3n) is 2.97. The van der Waals surface area contributed by atoms with E-state index in [1.165, 1.54) is 5.39 Å². The molecule has 0 heterocycles. The minimum absolute atomic E-state index is 0.810. The highest BCUT2D eigenvalue weighted by Gasteiger charge is 2.03. The van der Waals surface area contributed by atoms with Gasteiger partial charge in [-0.05, 0) is 39.2 Å². The third kappa shape index (κ3) is 3.15. The maximum absolute atomic E-state index is 6.20. The topological polar surface area (TPSA) is 15.3 Å². The molecule has 0 aliphatic carbocycles. The van der Waals surface area contributed by atoms with E-state index in [1.807, 2.05) is 18.2 Å². The van der Waals surface area contributed by atoms with E-state index in [2.05, 4.69) is 42.5 Å². The largest absolute Gasteiger partial charge is 0.384 e. The van der Waals surface area contributed by atoms with E-state index in [1.54, 1.807) is 0 Å². The van der Waals surface area contributed by atoms with Crippen LogP contribution in [0.3, 0.4) is 0 Å². The lowest BCUT2D eigenvalue weighted by Gasteiger charge is -2.13. The highest BCUT2D eigenvalue weighted by atomic mass is 35.5. The van der Waals surface area contributed by atoms with Gasteiger partial charge in [0.1, 0.15) is 0 Å². The molecular weight excluding hydrogens is 244 g/mol. The van der Waals surface area contributed by atoms with Crippen molar-refractivity contribution in [2.75, 3.05) is 32.5 Å². The lowest BCUT2D eigenvalue weighted by atomic mass is 10.1. The van der Waals surface area contributed by atoms with Gasteiger partial charge in [-0.2, -0.15) is 0 Å². The zero-order valence-corrected chi connectivity index (χ0v) is 11.7. The Hall–Kier alpha value is -1.25. The second kappa shape index (κ2) is 6.07. The lowest BCUT2D eigenvalue weighted by Crippen LogP contribution is -2.16. The number of fused-ring (bicyclic) bond motifs is 1. The summed E-state index contributed by atoms with van der Waals surface area (Å²) in [6, 6.07) is 12.2. The van der Waals surface area contributed by atoms with Crippen LogP contribution >= 0.6 is 11.6 Å². The number of hydrogen-bond acceptors (Lipinski definition) is 2. The van der Waals surface area contributed by atoms with Crippen LogP contribution in [0.4, 0.5) is 5.69 Å². The van der Waals surface area contributed by atoms with Crippen molar-refractivity contribution >= 4 is 28.1 Å². The maximum Gasteiger partial charge on any atom is 0.0485 e. The molecule has 2 nitrogen and oxygen atoms in total. The fourth-order valence-electron chi connectivity index (χ4n) is 2.03. The first-order valence-electron chi connectivity index (χ1n) is 6.24. The smallest absolute Gasteiger partial charge is 0.0485 e. The molecule has 96 valence electrons. The molecule has 0 unspecified atom stereocenters. The van der Waals surface area contributed by atoms with Gasteiger partial charge in [-0.15, -0.1) is 0 Å². The molecule has 3 heteroatoms. The average molecular weight is 263 g/mol. The molecule has 0 fully saturated rings. The highest BCUT2D eigenvalue weighted by molar-refractivity contribution is 6.36. The van der Waals surface area contributed by atoms with E-state index in [-0.39, 0.29) is 0 Å². The standard InChI is InChI=1S/C15H19ClN2/c1-18(2)11-5-10-17-15-9-8-14(16)12-6-3-4-7-13(12)15/h3-4,6-9,17H,5,10-11H2,1-2H3. The van der Waals surface area contributed by atoms with Gasteiger partial charge in [0, 0.05) is 28.0 Å². The Morgan fingerprint density at radius 1 is 1.06 bits per heavy atom. The molecule has 2 rings (SSSR count). The number of benzene rings is 2. The Morgan fingerprint density at radius 2 is 1.78 bits per heavy atom. The zero-order valence-electron chi connectivity index (χ0n) is 10.9. The summed E-state index contributed by atoms with van der Waals surface area (Å²) in [5.41, 5.74) is 1.16. The fourth-order valence-corrected chi connectivity index (χ4v) is 2.26. The van der Waals surface area contributed by atoms with Crippen LogP contribution in [0.15, 0.2) is 36.4 Å². The van der Waals surface area contributed by atoms with Crippen LogP contribution < -0.4 is 5.32 Å². The molecule has 0 amide bonds. The van der Waals surface area contributed by atoms with E-state index in [0.29, 0.717) is 0 Å². The Kier molecular flexibility index (Phi) is 4.45. The monoisotopic (exact) mass is 262 g/mol. The molecule has 1 N–H and O–H groups in total. The van der Waals surface area contributed by atoms with Crippen LogP contribution in [0.1, 0.15) is 6.42 Å². The molecule has 0 saturated heterocycles. The molecule has 0 aromatic heterocycles. The van der Waals surface area contributed by atoms with E-state index < -0.39 is 0 Å². The van der Waals surface area contributed by atoms with Crippen LogP contribution in [0.2, 0.25) is 5.02 Å². The summed E-state index contributed by atoms with van der Waals surface area (Å²) >= 11 is 6.20.